The van der Waals surface area contributed by atoms with Crippen LogP contribution in [0.2, 0.25) is 0 Å². The van der Waals surface area contributed by atoms with Crippen molar-refractivity contribution in [3.05, 3.63) is 148 Å². The zero-order valence-corrected chi connectivity index (χ0v) is 28.2. The molecule has 5 rings (SSSR count). The van der Waals surface area contributed by atoms with Crippen molar-refractivity contribution in [3.63, 3.8) is 0 Å². The molecule has 11 heteroatoms. The van der Waals surface area contributed by atoms with Crippen LogP contribution in [0.15, 0.2) is 120 Å². The number of amides is 4. The molecule has 4 aromatic carbocycles. The van der Waals surface area contributed by atoms with Crippen molar-refractivity contribution >= 4 is 69.2 Å². The predicted octanol–water partition coefficient (Wildman–Crippen LogP) is 7.63. The number of thiophene rings is 1. The minimum absolute atomic E-state index is 0.0104. The molecule has 0 fully saturated rings. The van der Waals surface area contributed by atoms with Gasteiger partial charge in [0, 0.05) is 21.8 Å². The first kappa shape index (κ1) is 34.4. The van der Waals surface area contributed by atoms with Gasteiger partial charge in [0.25, 0.3) is 17.7 Å². The Morgan fingerprint density at radius 1 is 0.776 bits per heavy atom. The maximum Gasteiger partial charge on any atom is 0.272 e. The van der Waals surface area contributed by atoms with Crippen LogP contribution in [0.5, 0.6) is 0 Å². The van der Waals surface area contributed by atoms with Gasteiger partial charge in [-0.25, -0.2) is 0 Å². The maximum atomic E-state index is 13.5. The second-order valence-electron chi connectivity index (χ2n) is 10.8. The molecule has 0 saturated heterocycles. The summed E-state index contributed by atoms with van der Waals surface area (Å²) in [5.41, 5.74) is 4.08. The van der Waals surface area contributed by atoms with Crippen molar-refractivity contribution in [2.45, 2.75) is 18.7 Å². The van der Waals surface area contributed by atoms with Gasteiger partial charge in [0.1, 0.15) is 16.8 Å². The summed E-state index contributed by atoms with van der Waals surface area (Å²) in [5.74, 6) is -1.66. The summed E-state index contributed by atoms with van der Waals surface area (Å²) in [6.07, 6.45) is 1.61. The van der Waals surface area contributed by atoms with E-state index in [0.29, 0.717) is 37.3 Å². The Hall–Kier alpha value is -5.96. The zero-order chi connectivity index (χ0) is 34.8. The van der Waals surface area contributed by atoms with Gasteiger partial charge in [-0.05, 0) is 73.5 Å². The smallest absolute Gasteiger partial charge is 0.272 e. The number of nitriles is 1. The molecule has 5 aromatic rings. The minimum atomic E-state index is -0.519. The van der Waals surface area contributed by atoms with E-state index in [2.05, 4.69) is 27.3 Å². The van der Waals surface area contributed by atoms with Crippen LogP contribution in [-0.2, 0) is 9.59 Å². The molecule has 244 valence electrons. The summed E-state index contributed by atoms with van der Waals surface area (Å²) in [4.78, 5) is 53.3. The van der Waals surface area contributed by atoms with Gasteiger partial charge in [0.05, 0.1) is 16.2 Å². The monoisotopic (exact) mass is 685 g/mol. The van der Waals surface area contributed by atoms with Crippen molar-refractivity contribution in [2.24, 2.45) is 0 Å². The number of anilines is 3. The number of carbonyl (C=O) groups excluding carboxylic acids is 4. The summed E-state index contributed by atoms with van der Waals surface area (Å²) in [5, 5.41) is 21.2. The zero-order valence-electron chi connectivity index (χ0n) is 26.6. The van der Waals surface area contributed by atoms with E-state index >= 15 is 0 Å². The first-order valence-electron chi connectivity index (χ1n) is 15.1. The molecule has 0 aliphatic heterocycles. The summed E-state index contributed by atoms with van der Waals surface area (Å²) in [6, 6.07) is 34.2. The Bertz CT molecular complexity index is 2070. The molecule has 0 saturated carbocycles. The van der Waals surface area contributed by atoms with E-state index in [4.69, 9.17) is 0 Å². The number of benzene rings is 4. The van der Waals surface area contributed by atoms with Gasteiger partial charge in [-0.15, -0.1) is 23.1 Å². The number of nitrogens with zero attached hydrogens (tertiary/aromatic N) is 1. The van der Waals surface area contributed by atoms with Crippen LogP contribution in [0.3, 0.4) is 0 Å². The van der Waals surface area contributed by atoms with Crippen LogP contribution in [0.4, 0.5) is 16.4 Å². The number of thioether (sulfide) groups is 1. The number of hydrogen-bond donors (Lipinski definition) is 4. The lowest BCUT2D eigenvalue weighted by Gasteiger charge is -2.12. The highest BCUT2D eigenvalue weighted by Gasteiger charge is 2.22. The summed E-state index contributed by atoms with van der Waals surface area (Å²) < 4.78 is 0. The van der Waals surface area contributed by atoms with Gasteiger partial charge in [0.2, 0.25) is 5.91 Å². The third-order valence-electron chi connectivity index (χ3n) is 7.13. The quantitative estimate of drug-likeness (QED) is 0.0833. The minimum Gasteiger partial charge on any atom is -0.321 e. The highest BCUT2D eigenvalue weighted by atomic mass is 32.2. The van der Waals surface area contributed by atoms with E-state index < -0.39 is 11.8 Å². The first-order valence-corrected chi connectivity index (χ1v) is 16.9. The van der Waals surface area contributed by atoms with Crippen LogP contribution < -0.4 is 21.3 Å². The van der Waals surface area contributed by atoms with Gasteiger partial charge in [-0.3, -0.25) is 19.2 Å². The van der Waals surface area contributed by atoms with E-state index in [1.54, 1.807) is 91.9 Å². The normalized spacial score (nSPS) is 10.8. The Balaban J connectivity index is 1.24. The van der Waals surface area contributed by atoms with Crippen molar-refractivity contribution in [1.82, 2.24) is 5.32 Å². The number of nitrogens with one attached hydrogen (secondary N) is 4. The van der Waals surface area contributed by atoms with E-state index in [1.807, 2.05) is 37.3 Å². The fourth-order valence-electron chi connectivity index (χ4n) is 4.61. The molecule has 0 aliphatic carbocycles. The average molecular weight is 686 g/mol. The second kappa shape index (κ2) is 16.2. The number of hydrogen-bond acceptors (Lipinski definition) is 7. The Morgan fingerprint density at radius 2 is 1.45 bits per heavy atom. The molecule has 0 radical (unpaired) electrons. The molecule has 1 heterocycles. The number of rotatable bonds is 11. The summed E-state index contributed by atoms with van der Waals surface area (Å²) >= 11 is 2.28. The average Bonchev–Trinajstić information content (AvgIpc) is 3.43. The standard InChI is InChI=1S/C38H31N5O4S2/c1-24-16-18-26(19-17-24)20-32(42-35(45)27-10-5-3-6-11-27)36(46)41-29-14-9-15-30(21-29)48-23-33(44)43-38-31(22-39)25(2)34(49-38)37(47)40-28-12-7-4-8-13-28/h3-21H,23H2,1-2H3,(H,40,47)(H,41,46)(H,42,45)(H,43,44)/b32-20+. The lowest BCUT2D eigenvalue weighted by molar-refractivity contribution is -0.114. The van der Waals surface area contributed by atoms with Crippen molar-refractivity contribution < 1.29 is 19.2 Å². The number of carbonyl (C=O) groups is 4. The van der Waals surface area contributed by atoms with Crippen molar-refractivity contribution in [3.8, 4) is 6.07 Å². The van der Waals surface area contributed by atoms with Crippen molar-refractivity contribution in [1.29, 1.82) is 5.26 Å². The Labute approximate surface area is 292 Å². The lowest BCUT2D eigenvalue weighted by atomic mass is 10.1. The third kappa shape index (κ3) is 9.32. The fourth-order valence-corrected chi connectivity index (χ4v) is 6.43. The number of para-hydroxylation sites is 1. The first-order chi connectivity index (χ1) is 23.7. The van der Waals surface area contributed by atoms with Crippen LogP contribution >= 0.6 is 23.1 Å². The van der Waals surface area contributed by atoms with Gasteiger partial charge >= 0.3 is 0 Å². The van der Waals surface area contributed by atoms with Gasteiger partial charge in [-0.2, -0.15) is 5.26 Å². The van der Waals surface area contributed by atoms with Crippen LogP contribution in [0, 0.1) is 25.2 Å². The molecular formula is C38H31N5O4S2. The molecule has 9 nitrogen and oxygen atoms in total. The topological polar surface area (TPSA) is 140 Å². The molecule has 0 bridgehead atoms. The predicted molar refractivity (Wildman–Crippen MR) is 196 cm³/mol. The highest BCUT2D eigenvalue weighted by molar-refractivity contribution is 8.00. The highest BCUT2D eigenvalue weighted by Crippen LogP contribution is 2.33. The summed E-state index contributed by atoms with van der Waals surface area (Å²) in [7, 11) is 0. The number of aryl methyl sites for hydroxylation is 1. The van der Waals surface area contributed by atoms with Crippen LogP contribution in [0.1, 0.15) is 42.3 Å². The van der Waals surface area contributed by atoms with Gasteiger partial charge in [0.15, 0.2) is 0 Å². The van der Waals surface area contributed by atoms with Gasteiger partial charge < -0.3 is 21.3 Å². The largest absolute Gasteiger partial charge is 0.321 e. The van der Waals surface area contributed by atoms with E-state index in [0.717, 1.165) is 22.5 Å². The van der Waals surface area contributed by atoms with E-state index in [1.165, 1.54) is 11.8 Å². The molecule has 0 atom stereocenters. The Morgan fingerprint density at radius 3 is 2.14 bits per heavy atom. The lowest BCUT2D eigenvalue weighted by Crippen LogP contribution is -2.30. The molecule has 4 amide bonds. The Kier molecular flexibility index (Phi) is 11.4. The van der Waals surface area contributed by atoms with Crippen molar-refractivity contribution in [2.75, 3.05) is 21.7 Å². The fraction of sp³-hybridized carbons (Fsp3) is 0.0789. The molecule has 0 spiro atoms. The third-order valence-corrected chi connectivity index (χ3v) is 9.33. The second-order valence-corrected chi connectivity index (χ2v) is 12.9. The molecular weight excluding hydrogens is 655 g/mol. The van der Waals surface area contributed by atoms with Crippen LogP contribution in [0.25, 0.3) is 6.08 Å². The molecule has 1 aromatic heterocycles. The van der Waals surface area contributed by atoms with E-state index in [-0.39, 0.29) is 28.8 Å². The van der Waals surface area contributed by atoms with E-state index in [9.17, 15) is 24.4 Å². The maximum absolute atomic E-state index is 13.5. The summed E-state index contributed by atoms with van der Waals surface area (Å²) in [6.45, 7) is 3.64. The molecule has 0 unspecified atom stereocenters. The molecule has 4 N–H and O–H groups in total. The molecule has 0 aliphatic rings. The van der Waals surface area contributed by atoms with Crippen LogP contribution in [-0.4, -0.2) is 29.4 Å². The SMILES string of the molecule is Cc1ccc(/C=C(/NC(=O)c2ccccc2)C(=O)Nc2cccc(SCC(=O)Nc3sc(C(=O)Nc4ccccc4)c(C)c3C#N)c2)cc1. The van der Waals surface area contributed by atoms with Gasteiger partial charge in [-0.1, -0.05) is 72.3 Å². The molecule has 49 heavy (non-hydrogen) atoms.